The van der Waals surface area contributed by atoms with Gasteiger partial charge in [0.1, 0.15) is 22.5 Å². The summed E-state index contributed by atoms with van der Waals surface area (Å²) in [7, 11) is 0. The van der Waals surface area contributed by atoms with Crippen LogP contribution in [0, 0.1) is 17.1 Å². The van der Waals surface area contributed by atoms with Crippen molar-refractivity contribution in [3.8, 4) is 6.07 Å². The quantitative estimate of drug-likeness (QED) is 0.268. The average molecular weight is 516 g/mol. The Kier molecular flexibility index (Phi) is 8.01. The number of thioether (sulfide) groups is 1. The average Bonchev–Trinajstić information content (AvgIpc) is 3.22. The van der Waals surface area contributed by atoms with Crippen LogP contribution in [-0.2, 0) is 20.7 Å². The van der Waals surface area contributed by atoms with Crippen molar-refractivity contribution in [3.05, 3.63) is 106 Å². The lowest BCUT2D eigenvalue weighted by atomic mass is 10.1. The van der Waals surface area contributed by atoms with Crippen LogP contribution in [0.3, 0.4) is 0 Å². The van der Waals surface area contributed by atoms with Crippen molar-refractivity contribution in [3.63, 3.8) is 0 Å². The number of nitriles is 1. The Hall–Kier alpha value is -4.42. The second-order valence-electron chi connectivity index (χ2n) is 7.99. The number of carbonyl (C=O) groups excluding carboxylic acids is 3. The highest BCUT2D eigenvalue weighted by atomic mass is 32.2. The number of esters is 1. The van der Waals surface area contributed by atoms with Gasteiger partial charge in [-0.15, -0.1) is 0 Å². The highest BCUT2D eigenvalue weighted by Gasteiger charge is 2.40. The number of ether oxygens (including phenoxy) is 1. The van der Waals surface area contributed by atoms with E-state index in [0.29, 0.717) is 23.4 Å². The van der Waals surface area contributed by atoms with Crippen LogP contribution in [0.25, 0.3) is 0 Å². The number of hydrogen-bond donors (Lipinski definition) is 1. The molecule has 1 heterocycles. The normalized spacial score (nSPS) is 16.2. The van der Waals surface area contributed by atoms with Gasteiger partial charge in [-0.2, -0.15) is 5.26 Å². The van der Waals surface area contributed by atoms with Crippen molar-refractivity contribution < 1.29 is 23.5 Å². The first-order chi connectivity index (χ1) is 17.9. The molecule has 3 aromatic rings. The predicted octanol–water partition coefficient (Wildman–Crippen LogP) is 5.07. The molecule has 9 heteroatoms. The molecular weight excluding hydrogens is 493 g/mol. The third-order valence-electron chi connectivity index (χ3n) is 5.51. The highest BCUT2D eigenvalue weighted by Crippen LogP contribution is 2.42. The van der Waals surface area contributed by atoms with Gasteiger partial charge in [-0.3, -0.25) is 14.5 Å². The standard InChI is InChI=1S/C28H22FN3O4S/c1-2-36-28(35)19-10-8-18(9-11-19)16-24-26(34)32(22-6-4-3-5-7-22)27(37-24)23(17-30)25(33)31-21-14-12-20(29)13-15-21/h3-15,24H,2,16H2,1H3,(H,31,33)/b27-23-/t24-/m1/s1. The van der Waals surface area contributed by atoms with E-state index in [0.717, 1.165) is 17.3 Å². The van der Waals surface area contributed by atoms with Crippen LogP contribution in [0.5, 0.6) is 0 Å². The van der Waals surface area contributed by atoms with E-state index in [1.165, 1.54) is 29.2 Å². The van der Waals surface area contributed by atoms with E-state index in [1.54, 1.807) is 61.5 Å². The zero-order valence-electron chi connectivity index (χ0n) is 19.8. The number of nitrogens with zero attached hydrogens (tertiary/aromatic N) is 2. The van der Waals surface area contributed by atoms with Crippen LogP contribution in [0.1, 0.15) is 22.8 Å². The Morgan fingerprint density at radius 1 is 1.05 bits per heavy atom. The maximum Gasteiger partial charge on any atom is 0.338 e. The fourth-order valence-electron chi connectivity index (χ4n) is 3.73. The molecule has 2 amide bonds. The van der Waals surface area contributed by atoms with E-state index >= 15 is 0 Å². The maximum absolute atomic E-state index is 13.5. The van der Waals surface area contributed by atoms with Crippen LogP contribution in [0.15, 0.2) is 89.5 Å². The molecule has 0 bridgehead atoms. The monoisotopic (exact) mass is 515 g/mol. The van der Waals surface area contributed by atoms with Gasteiger partial charge in [-0.1, -0.05) is 42.1 Å². The van der Waals surface area contributed by atoms with E-state index in [-0.39, 0.29) is 23.1 Å². The van der Waals surface area contributed by atoms with Gasteiger partial charge in [0.15, 0.2) is 0 Å². The lowest BCUT2D eigenvalue weighted by Crippen LogP contribution is -2.30. The number of para-hydroxylation sites is 1. The summed E-state index contributed by atoms with van der Waals surface area (Å²) in [5.41, 5.74) is 1.83. The van der Waals surface area contributed by atoms with E-state index in [1.807, 2.05) is 6.07 Å². The van der Waals surface area contributed by atoms with Crippen molar-refractivity contribution in [2.24, 2.45) is 0 Å². The Bertz CT molecular complexity index is 1380. The van der Waals surface area contributed by atoms with Gasteiger partial charge in [-0.25, -0.2) is 9.18 Å². The van der Waals surface area contributed by atoms with Crippen molar-refractivity contribution in [2.45, 2.75) is 18.6 Å². The molecule has 4 rings (SSSR count). The molecule has 0 saturated carbocycles. The molecule has 3 aromatic carbocycles. The summed E-state index contributed by atoms with van der Waals surface area (Å²) in [6.45, 7) is 2.00. The molecular formula is C28H22FN3O4S. The molecule has 0 spiro atoms. The minimum atomic E-state index is -0.704. The molecule has 0 unspecified atom stereocenters. The van der Waals surface area contributed by atoms with E-state index in [4.69, 9.17) is 4.74 Å². The topological polar surface area (TPSA) is 99.5 Å². The predicted molar refractivity (Wildman–Crippen MR) is 139 cm³/mol. The summed E-state index contributed by atoms with van der Waals surface area (Å²) in [6, 6.07) is 22.7. The van der Waals surface area contributed by atoms with E-state index in [9.17, 15) is 24.0 Å². The van der Waals surface area contributed by atoms with Gasteiger partial charge < -0.3 is 10.1 Å². The van der Waals surface area contributed by atoms with E-state index < -0.39 is 22.9 Å². The molecule has 186 valence electrons. The summed E-state index contributed by atoms with van der Waals surface area (Å²) in [5, 5.41) is 12.1. The number of carbonyl (C=O) groups is 3. The fraction of sp³-hybridized carbons (Fsp3) is 0.143. The van der Waals surface area contributed by atoms with E-state index in [2.05, 4.69) is 5.32 Å². The fourth-order valence-corrected chi connectivity index (χ4v) is 5.04. The van der Waals surface area contributed by atoms with Crippen LogP contribution < -0.4 is 10.2 Å². The number of amides is 2. The molecule has 37 heavy (non-hydrogen) atoms. The summed E-state index contributed by atoms with van der Waals surface area (Å²) >= 11 is 1.13. The van der Waals surface area contributed by atoms with Crippen molar-refractivity contribution >= 4 is 40.9 Å². The molecule has 1 aliphatic rings. The molecule has 1 fully saturated rings. The highest BCUT2D eigenvalue weighted by molar-refractivity contribution is 8.05. The molecule has 0 radical (unpaired) electrons. The number of hydrogen-bond acceptors (Lipinski definition) is 6. The Morgan fingerprint density at radius 2 is 1.73 bits per heavy atom. The number of rotatable bonds is 7. The Morgan fingerprint density at radius 3 is 2.35 bits per heavy atom. The largest absolute Gasteiger partial charge is 0.462 e. The van der Waals surface area contributed by atoms with Crippen LogP contribution in [-0.4, -0.2) is 29.6 Å². The number of nitrogens with one attached hydrogen (secondary N) is 1. The molecule has 1 N–H and O–H groups in total. The zero-order chi connectivity index (χ0) is 26.4. The van der Waals surface area contributed by atoms with Gasteiger partial charge in [0.2, 0.25) is 5.91 Å². The molecule has 7 nitrogen and oxygen atoms in total. The zero-order valence-corrected chi connectivity index (χ0v) is 20.6. The first-order valence-corrected chi connectivity index (χ1v) is 12.3. The Balaban J connectivity index is 1.64. The van der Waals surface area contributed by atoms with Gasteiger partial charge >= 0.3 is 5.97 Å². The number of anilines is 2. The minimum absolute atomic E-state index is 0.214. The number of halogens is 1. The summed E-state index contributed by atoms with van der Waals surface area (Å²) in [4.78, 5) is 39.9. The molecule has 1 aliphatic heterocycles. The third-order valence-corrected chi connectivity index (χ3v) is 6.77. The second-order valence-corrected chi connectivity index (χ2v) is 9.18. The summed E-state index contributed by atoms with van der Waals surface area (Å²) in [6.07, 6.45) is 0.317. The molecule has 0 aliphatic carbocycles. The van der Waals surface area contributed by atoms with Crippen LogP contribution in [0.4, 0.5) is 15.8 Å². The van der Waals surface area contributed by atoms with Crippen LogP contribution in [0.2, 0.25) is 0 Å². The lowest BCUT2D eigenvalue weighted by molar-refractivity contribution is -0.117. The van der Waals surface area contributed by atoms with Gasteiger partial charge in [0, 0.05) is 11.4 Å². The second kappa shape index (κ2) is 11.5. The molecule has 1 saturated heterocycles. The number of benzene rings is 3. The van der Waals surface area contributed by atoms with Crippen molar-refractivity contribution in [1.29, 1.82) is 5.26 Å². The third kappa shape index (κ3) is 5.88. The minimum Gasteiger partial charge on any atom is -0.462 e. The summed E-state index contributed by atoms with van der Waals surface area (Å²) in [5.74, 6) is -1.86. The van der Waals surface area contributed by atoms with Gasteiger partial charge in [-0.05, 0) is 67.4 Å². The lowest BCUT2D eigenvalue weighted by Gasteiger charge is -2.18. The maximum atomic E-state index is 13.5. The Labute approximate surface area is 217 Å². The van der Waals surface area contributed by atoms with Crippen LogP contribution >= 0.6 is 11.8 Å². The molecule has 1 atom stereocenters. The summed E-state index contributed by atoms with van der Waals surface area (Å²) < 4.78 is 18.3. The van der Waals surface area contributed by atoms with Gasteiger partial charge in [0.25, 0.3) is 5.91 Å². The van der Waals surface area contributed by atoms with Crippen molar-refractivity contribution in [2.75, 3.05) is 16.8 Å². The van der Waals surface area contributed by atoms with Crippen molar-refractivity contribution in [1.82, 2.24) is 0 Å². The molecule has 0 aromatic heterocycles. The van der Waals surface area contributed by atoms with Gasteiger partial charge in [0.05, 0.1) is 17.4 Å². The first-order valence-electron chi connectivity index (χ1n) is 11.4. The smallest absolute Gasteiger partial charge is 0.338 e. The SMILES string of the molecule is CCOC(=O)c1ccc(C[C@H]2S/C(=C(/C#N)C(=O)Nc3ccc(F)cc3)N(c3ccccc3)C2=O)cc1. The first kappa shape index (κ1) is 25.7.